The van der Waals surface area contributed by atoms with Gasteiger partial charge in [0.15, 0.2) is 0 Å². The Morgan fingerprint density at radius 3 is 2.53 bits per heavy atom. The van der Waals surface area contributed by atoms with Gasteiger partial charge >= 0.3 is 0 Å². The van der Waals surface area contributed by atoms with Crippen molar-refractivity contribution < 1.29 is 0 Å². The van der Waals surface area contributed by atoms with E-state index in [0.29, 0.717) is 6.54 Å². The highest BCUT2D eigenvalue weighted by Crippen LogP contribution is 2.20. The lowest BCUT2D eigenvalue weighted by molar-refractivity contribution is 0.405. The molecule has 1 rings (SSSR count). The third-order valence-corrected chi connectivity index (χ3v) is 2.91. The van der Waals surface area contributed by atoms with Crippen LogP contribution >= 0.6 is 0 Å². The van der Waals surface area contributed by atoms with Gasteiger partial charge in [-0.05, 0) is 43.0 Å². The van der Waals surface area contributed by atoms with Crippen molar-refractivity contribution in [2.24, 2.45) is 11.1 Å². The first kappa shape index (κ1) is 12.1. The summed E-state index contributed by atoms with van der Waals surface area (Å²) in [7, 11) is 0. The second-order valence-corrected chi connectivity index (χ2v) is 4.97. The van der Waals surface area contributed by atoms with Crippen LogP contribution in [-0.4, -0.2) is 13.1 Å². The molecular weight excluding hydrogens is 184 g/mol. The molecule has 0 aliphatic carbocycles. The van der Waals surface area contributed by atoms with Crippen molar-refractivity contribution in [3.8, 4) is 0 Å². The quantitative estimate of drug-likeness (QED) is 0.795. The average Bonchev–Trinajstić information content (AvgIpc) is 2.20. The summed E-state index contributed by atoms with van der Waals surface area (Å²) in [6, 6.07) is 6.34. The molecule has 0 radical (unpaired) electrons. The molecule has 0 aliphatic rings. The number of aryl methyl sites for hydroxylation is 1. The average molecular weight is 206 g/mol. The normalized spacial score (nSPS) is 11.5. The van der Waals surface area contributed by atoms with Crippen molar-refractivity contribution in [3.05, 3.63) is 29.3 Å². The maximum absolute atomic E-state index is 5.70. The zero-order chi connectivity index (χ0) is 11.5. The van der Waals surface area contributed by atoms with Gasteiger partial charge in [0.2, 0.25) is 0 Å². The standard InChI is InChI=1S/C13H22N2/c1-10-6-5-7-12(11(10)2)15-9-13(3,4)8-14/h5-7,15H,8-9,14H2,1-4H3. The zero-order valence-electron chi connectivity index (χ0n) is 10.2. The number of hydrogen-bond acceptors (Lipinski definition) is 2. The van der Waals surface area contributed by atoms with E-state index in [1.807, 2.05) is 0 Å². The fraction of sp³-hybridized carbons (Fsp3) is 0.538. The van der Waals surface area contributed by atoms with Crippen LogP contribution in [0.25, 0.3) is 0 Å². The molecule has 0 unspecified atom stereocenters. The van der Waals surface area contributed by atoms with E-state index in [1.54, 1.807) is 0 Å². The van der Waals surface area contributed by atoms with Crippen LogP contribution in [0.4, 0.5) is 5.69 Å². The van der Waals surface area contributed by atoms with Crippen LogP contribution in [0.2, 0.25) is 0 Å². The second kappa shape index (κ2) is 4.67. The Morgan fingerprint density at radius 1 is 1.27 bits per heavy atom. The van der Waals surface area contributed by atoms with E-state index in [1.165, 1.54) is 16.8 Å². The molecule has 0 bridgehead atoms. The van der Waals surface area contributed by atoms with Crippen molar-refractivity contribution in [2.75, 3.05) is 18.4 Å². The molecule has 3 N–H and O–H groups in total. The molecule has 1 aromatic rings. The van der Waals surface area contributed by atoms with Gasteiger partial charge in [0.1, 0.15) is 0 Å². The molecule has 0 heterocycles. The minimum Gasteiger partial charge on any atom is -0.384 e. The van der Waals surface area contributed by atoms with Crippen molar-refractivity contribution in [2.45, 2.75) is 27.7 Å². The van der Waals surface area contributed by atoms with Gasteiger partial charge < -0.3 is 11.1 Å². The summed E-state index contributed by atoms with van der Waals surface area (Å²) in [4.78, 5) is 0. The summed E-state index contributed by atoms with van der Waals surface area (Å²) in [5.41, 5.74) is 9.72. The lowest BCUT2D eigenvalue weighted by atomic mass is 9.93. The van der Waals surface area contributed by atoms with Gasteiger partial charge in [-0.15, -0.1) is 0 Å². The summed E-state index contributed by atoms with van der Waals surface area (Å²) in [5, 5.41) is 3.46. The maximum atomic E-state index is 5.70. The fourth-order valence-corrected chi connectivity index (χ4v) is 1.35. The smallest absolute Gasteiger partial charge is 0.0372 e. The topological polar surface area (TPSA) is 38.0 Å². The predicted octanol–water partition coefficient (Wildman–Crippen LogP) is 2.70. The van der Waals surface area contributed by atoms with E-state index in [-0.39, 0.29) is 5.41 Å². The lowest BCUT2D eigenvalue weighted by Gasteiger charge is -2.24. The lowest BCUT2D eigenvalue weighted by Crippen LogP contribution is -2.31. The molecule has 0 amide bonds. The van der Waals surface area contributed by atoms with Gasteiger partial charge in [-0.3, -0.25) is 0 Å². The van der Waals surface area contributed by atoms with Gasteiger partial charge in [0.05, 0.1) is 0 Å². The summed E-state index contributed by atoms with van der Waals surface area (Å²) in [6.45, 7) is 10.2. The number of hydrogen-bond donors (Lipinski definition) is 2. The third-order valence-electron chi connectivity index (χ3n) is 2.91. The van der Waals surface area contributed by atoms with E-state index in [0.717, 1.165) is 6.54 Å². The first-order valence-electron chi connectivity index (χ1n) is 5.46. The molecule has 84 valence electrons. The number of nitrogens with one attached hydrogen (secondary N) is 1. The van der Waals surface area contributed by atoms with Crippen molar-refractivity contribution >= 4 is 5.69 Å². The molecule has 0 fully saturated rings. The predicted molar refractivity (Wildman–Crippen MR) is 67.2 cm³/mol. The van der Waals surface area contributed by atoms with Crippen molar-refractivity contribution in [1.29, 1.82) is 0 Å². The molecule has 0 saturated heterocycles. The highest BCUT2D eigenvalue weighted by molar-refractivity contribution is 5.53. The number of rotatable bonds is 4. The molecule has 2 heteroatoms. The Morgan fingerprint density at radius 2 is 1.93 bits per heavy atom. The Kier molecular flexibility index (Phi) is 3.75. The SMILES string of the molecule is Cc1cccc(NCC(C)(C)CN)c1C. The monoisotopic (exact) mass is 206 g/mol. The Bertz CT molecular complexity index is 329. The number of anilines is 1. The van der Waals surface area contributed by atoms with Gasteiger partial charge in [0, 0.05) is 12.2 Å². The highest BCUT2D eigenvalue weighted by Gasteiger charge is 2.15. The molecule has 0 atom stereocenters. The van der Waals surface area contributed by atoms with E-state index < -0.39 is 0 Å². The molecule has 15 heavy (non-hydrogen) atoms. The number of benzene rings is 1. The maximum Gasteiger partial charge on any atom is 0.0372 e. The van der Waals surface area contributed by atoms with Crippen molar-refractivity contribution in [3.63, 3.8) is 0 Å². The van der Waals surface area contributed by atoms with Gasteiger partial charge in [-0.25, -0.2) is 0 Å². The van der Waals surface area contributed by atoms with Crippen LogP contribution < -0.4 is 11.1 Å². The Labute approximate surface area is 92.9 Å². The van der Waals surface area contributed by atoms with Gasteiger partial charge in [0.25, 0.3) is 0 Å². The molecule has 0 aromatic heterocycles. The van der Waals surface area contributed by atoms with Crippen molar-refractivity contribution in [1.82, 2.24) is 0 Å². The Balaban J connectivity index is 2.70. The Hall–Kier alpha value is -1.02. The second-order valence-electron chi connectivity index (χ2n) is 4.97. The van der Waals surface area contributed by atoms with Gasteiger partial charge in [-0.2, -0.15) is 0 Å². The van der Waals surface area contributed by atoms with Crippen LogP contribution in [0, 0.1) is 19.3 Å². The van der Waals surface area contributed by atoms with E-state index in [2.05, 4.69) is 51.2 Å². The fourth-order valence-electron chi connectivity index (χ4n) is 1.35. The third kappa shape index (κ3) is 3.24. The van der Waals surface area contributed by atoms with E-state index >= 15 is 0 Å². The van der Waals surface area contributed by atoms with Crippen LogP contribution in [-0.2, 0) is 0 Å². The number of nitrogens with two attached hydrogens (primary N) is 1. The summed E-state index contributed by atoms with van der Waals surface area (Å²) in [5.74, 6) is 0. The molecule has 0 spiro atoms. The molecular formula is C13H22N2. The first-order valence-corrected chi connectivity index (χ1v) is 5.46. The summed E-state index contributed by atoms with van der Waals surface area (Å²) in [6.07, 6.45) is 0. The van der Waals surface area contributed by atoms with Crippen LogP contribution in [0.1, 0.15) is 25.0 Å². The molecule has 0 saturated carbocycles. The van der Waals surface area contributed by atoms with Crippen LogP contribution in [0.3, 0.4) is 0 Å². The molecule has 2 nitrogen and oxygen atoms in total. The molecule has 1 aromatic carbocycles. The summed E-state index contributed by atoms with van der Waals surface area (Å²) >= 11 is 0. The zero-order valence-corrected chi connectivity index (χ0v) is 10.2. The van der Waals surface area contributed by atoms with E-state index in [4.69, 9.17) is 5.73 Å². The van der Waals surface area contributed by atoms with E-state index in [9.17, 15) is 0 Å². The van der Waals surface area contributed by atoms with Gasteiger partial charge in [-0.1, -0.05) is 26.0 Å². The first-order chi connectivity index (χ1) is 6.96. The van der Waals surface area contributed by atoms with Crippen LogP contribution in [0.5, 0.6) is 0 Å². The highest BCUT2D eigenvalue weighted by atomic mass is 14.9. The minimum absolute atomic E-state index is 0.149. The summed E-state index contributed by atoms with van der Waals surface area (Å²) < 4.78 is 0. The minimum atomic E-state index is 0.149. The largest absolute Gasteiger partial charge is 0.384 e. The molecule has 0 aliphatic heterocycles. The van der Waals surface area contributed by atoms with Crippen LogP contribution in [0.15, 0.2) is 18.2 Å².